The lowest BCUT2D eigenvalue weighted by atomic mass is 9.80. The summed E-state index contributed by atoms with van der Waals surface area (Å²) in [5, 5.41) is 13.0. The van der Waals surface area contributed by atoms with E-state index in [1.807, 2.05) is 18.3 Å². The molecule has 2 aliphatic rings. The molecule has 0 saturated heterocycles. The summed E-state index contributed by atoms with van der Waals surface area (Å²) in [5.74, 6) is -0.0170. The first-order chi connectivity index (χ1) is 17.7. The van der Waals surface area contributed by atoms with E-state index in [4.69, 9.17) is 4.74 Å². The molecule has 1 aliphatic heterocycles. The zero-order chi connectivity index (χ0) is 26.8. The summed E-state index contributed by atoms with van der Waals surface area (Å²) in [6.45, 7) is 9.37. The van der Waals surface area contributed by atoms with E-state index >= 15 is 0 Å². The molecule has 1 aliphatic carbocycles. The third-order valence-corrected chi connectivity index (χ3v) is 6.52. The van der Waals surface area contributed by atoms with Gasteiger partial charge in [0, 0.05) is 43.7 Å². The van der Waals surface area contributed by atoms with Crippen molar-refractivity contribution < 1.29 is 19.1 Å². The van der Waals surface area contributed by atoms with E-state index in [1.54, 1.807) is 19.1 Å². The van der Waals surface area contributed by atoms with Gasteiger partial charge in [0.2, 0.25) is 5.91 Å². The molecule has 0 aromatic heterocycles. The number of hydrogen-bond acceptors (Lipinski definition) is 6. The topological polar surface area (TPSA) is 121 Å². The predicted molar refractivity (Wildman–Crippen MR) is 144 cm³/mol. The van der Waals surface area contributed by atoms with Gasteiger partial charge in [-0.15, -0.1) is 0 Å². The molecule has 0 spiro atoms. The molecule has 2 atom stereocenters. The van der Waals surface area contributed by atoms with Crippen LogP contribution in [0.2, 0.25) is 0 Å². The number of carbonyl (C=O) groups is 3. The Morgan fingerprint density at radius 3 is 2.46 bits per heavy atom. The summed E-state index contributed by atoms with van der Waals surface area (Å²) in [7, 11) is 0. The molecule has 4 N–H and O–H groups in total. The Kier molecular flexibility index (Phi) is 10.1. The van der Waals surface area contributed by atoms with Crippen LogP contribution in [0.1, 0.15) is 82.1 Å². The van der Waals surface area contributed by atoms with Gasteiger partial charge < -0.3 is 20.7 Å². The molecule has 1 aromatic rings. The minimum atomic E-state index is -0.343. The fourth-order valence-electron chi connectivity index (χ4n) is 4.44. The summed E-state index contributed by atoms with van der Waals surface area (Å²) in [5.41, 5.74) is 6.82. The number of hydrazone groups is 1. The largest absolute Gasteiger partial charge is 0.446 e. The van der Waals surface area contributed by atoms with E-state index < -0.39 is 0 Å². The third-order valence-electron chi connectivity index (χ3n) is 6.52. The Labute approximate surface area is 219 Å². The monoisotopic (exact) mass is 511 g/mol. The lowest BCUT2D eigenvalue weighted by Gasteiger charge is -2.30. The number of amides is 3. The Hall–Kier alpha value is -3.36. The van der Waals surface area contributed by atoms with Crippen molar-refractivity contribution in [2.75, 3.05) is 19.6 Å². The highest BCUT2D eigenvalue weighted by Crippen LogP contribution is 2.33. The number of nitrogens with one attached hydrogen (secondary N) is 4. The number of carbonyl (C=O) groups excluding carboxylic acids is 3. The summed E-state index contributed by atoms with van der Waals surface area (Å²) in [6.07, 6.45) is 6.22. The summed E-state index contributed by atoms with van der Waals surface area (Å²) >= 11 is 0. The van der Waals surface area contributed by atoms with Crippen LogP contribution in [0.4, 0.5) is 4.79 Å². The van der Waals surface area contributed by atoms with Gasteiger partial charge in [-0.25, -0.2) is 4.79 Å². The first-order valence-electron chi connectivity index (χ1n) is 13.3. The molecular formula is C28H41N5O4. The Morgan fingerprint density at radius 2 is 1.76 bits per heavy atom. The number of hydrogen-bond donors (Lipinski definition) is 4. The minimum Gasteiger partial charge on any atom is -0.446 e. The molecule has 2 unspecified atom stereocenters. The second kappa shape index (κ2) is 13.3. The van der Waals surface area contributed by atoms with E-state index in [1.165, 1.54) is 5.57 Å². The van der Waals surface area contributed by atoms with Crippen LogP contribution in [-0.2, 0) is 9.53 Å². The zero-order valence-electron chi connectivity index (χ0n) is 22.5. The first-order valence-corrected chi connectivity index (χ1v) is 13.3. The van der Waals surface area contributed by atoms with Crippen molar-refractivity contribution in [3.05, 3.63) is 47.2 Å². The van der Waals surface area contributed by atoms with E-state index in [0.29, 0.717) is 31.6 Å². The molecule has 1 aromatic carbocycles. The van der Waals surface area contributed by atoms with Gasteiger partial charge in [0.05, 0.1) is 5.71 Å². The lowest BCUT2D eigenvalue weighted by molar-refractivity contribution is -0.120. The average Bonchev–Trinajstić information content (AvgIpc) is 2.86. The second-order valence-corrected chi connectivity index (χ2v) is 10.8. The number of ether oxygens (including phenoxy) is 1. The molecule has 1 saturated carbocycles. The van der Waals surface area contributed by atoms with Gasteiger partial charge in [-0.1, -0.05) is 39.8 Å². The zero-order valence-corrected chi connectivity index (χ0v) is 22.5. The highest BCUT2D eigenvalue weighted by Gasteiger charge is 2.29. The van der Waals surface area contributed by atoms with Gasteiger partial charge in [0.25, 0.3) is 5.91 Å². The number of benzene rings is 1. The molecule has 9 nitrogen and oxygen atoms in total. The second-order valence-electron chi connectivity index (χ2n) is 10.8. The van der Waals surface area contributed by atoms with Crippen molar-refractivity contribution in [3.63, 3.8) is 0 Å². The smallest absolute Gasteiger partial charge is 0.407 e. The van der Waals surface area contributed by atoms with Crippen LogP contribution in [0.25, 0.3) is 0 Å². The third kappa shape index (κ3) is 8.91. The van der Waals surface area contributed by atoms with E-state index in [0.717, 1.165) is 43.4 Å². The molecule has 0 radical (unpaired) electrons. The standard InChI is InChI=1S/C28H41N5O4/c1-5-24(34)29-15-16-30-26(35)20-11-9-19(10-12-20)25-23-8-6-7-22(14-13-21(23)17-32-33-25)37-27(36)31-18-28(2,3)4/h9-12,17,22-23,32H,5-8,13-16,18H2,1-4H3,(H,29,34)(H,30,35)(H,31,36). The quantitative estimate of drug-likeness (QED) is 0.395. The molecule has 1 heterocycles. The lowest BCUT2D eigenvalue weighted by Crippen LogP contribution is -2.35. The van der Waals surface area contributed by atoms with Gasteiger partial charge in [0.15, 0.2) is 0 Å². The number of rotatable bonds is 8. The average molecular weight is 512 g/mol. The molecule has 1 fully saturated rings. The SMILES string of the molecule is CCC(=O)NCCNC(=O)c1ccc(C2=NNC=C3CCC(OC(=O)NCC(C)(C)C)CCCC32)cc1. The maximum atomic E-state index is 12.4. The predicted octanol–water partition coefficient (Wildman–Crippen LogP) is 3.86. The Morgan fingerprint density at radius 1 is 1.03 bits per heavy atom. The summed E-state index contributed by atoms with van der Waals surface area (Å²) in [4.78, 5) is 36.0. The van der Waals surface area contributed by atoms with Crippen molar-refractivity contribution in [2.45, 2.75) is 72.3 Å². The highest BCUT2D eigenvalue weighted by atomic mass is 16.6. The normalized spacial score (nSPS) is 19.6. The Bertz CT molecular complexity index is 1010. The van der Waals surface area contributed by atoms with Crippen molar-refractivity contribution in [1.29, 1.82) is 0 Å². The van der Waals surface area contributed by atoms with Crippen molar-refractivity contribution in [1.82, 2.24) is 21.4 Å². The van der Waals surface area contributed by atoms with Crippen molar-refractivity contribution >= 4 is 23.6 Å². The number of alkyl carbamates (subject to hydrolysis) is 1. The Balaban J connectivity index is 1.53. The van der Waals surface area contributed by atoms with Gasteiger partial charge in [-0.3, -0.25) is 15.0 Å². The molecule has 202 valence electrons. The van der Waals surface area contributed by atoms with Crippen LogP contribution in [0.5, 0.6) is 0 Å². The fourth-order valence-corrected chi connectivity index (χ4v) is 4.44. The minimum absolute atomic E-state index is 0.0108. The molecule has 0 bridgehead atoms. The van der Waals surface area contributed by atoms with Crippen LogP contribution in [-0.4, -0.2) is 49.4 Å². The van der Waals surface area contributed by atoms with Crippen LogP contribution in [0, 0.1) is 11.3 Å². The van der Waals surface area contributed by atoms with Gasteiger partial charge in [-0.05, 0) is 60.8 Å². The maximum Gasteiger partial charge on any atom is 0.407 e. The number of allylic oxidation sites excluding steroid dienone is 1. The van der Waals surface area contributed by atoms with Crippen LogP contribution in [0.15, 0.2) is 41.1 Å². The van der Waals surface area contributed by atoms with E-state index in [9.17, 15) is 14.4 Å². The van der Waals surface area contributed by atoms with Crippen molar-refractivity contribution in [2.24, 2.45) is 16.4 Å². The van der Waals surface area contributed by atoms with E-state index in [-0.39, 0.29) is 35.3 Å². The van der Waals surface area contributed by atoms with Crippen LogP contribution >= 0.6 is 0 Å². The summed E-state index contributed by atoms with van der Waals surface area (Å²) in [6, 6.07) is 7.47. The van der Waals surface area contributed by atoms with Crippen LogP contribution < -0.4 is 21.4 Å². The number of nitrogens with zero attached hydrogens (tertiary/aromatic N) is 1. The van der Waals surface area contributed by atoms with Crippen molar-refractivity contribution in [3.8, 4) is 0 Å². The molecule has 9 heteroatoms. The van der Waals surface area contributed by atoms with Crippen LogP contribution in [0.3, 0.4) is 0 Å². The van der Waals surface area contributed by atoms with Gasteiger partial charge in [-0.2, -0.15) is 5.10 Å². The molecular weight excluding hydrogens is 470 g/mol. The van der Waals surface area contributed by atoms with Gasteiger partial charge in [0.1, 0.15) is 6.10 Å². The van der Waals surface area contributed by atoms with E-state index in [2.05, 4.69) is 47.2 Å². The number of fused-ring (bicyclic) bond motifs is 1. The first kappa shape index (κ1) is 28.2. The van der Waals surface area contributed by atoms with Gasteiger partial charge >= 0.3 is 6.09 Å². The molecule has 3 amide bonds. The molecule has 37 heavy (non-hydrogen) atoms. The highest BCUT2D eigenvalue weighted by molar-refractivity contribution is 6.05. The fraction of sp³-hybridized carbons (Fsp3) is 0.571. The molecule has 3 rings (SSSR count). The summed E-state index contributed by atoms with van der Waals surface area (Å²) < 4.78 is 5.72. The maximum absolute atomic E-state index is 12.4.